The van der Waals surface area contributed by atoms with E-state index in [9.17, 15) is 0 Å². The van der Waals surface area contributed by atoms with E-state index >= 15 is 0 Å². The maximum atomic E-state index is 6.42. The van der Waals surface area contributed by atoms with E-state index in [2.05, 4.69) is 64.5 Å². The number of fused-ring (bicyclic) bond motifs is 3. The number of H-pyrrole nitrogens is 1. The first kappa shape index (κ1) is 21.3. The number of ether oxygens (including phenoxy) is 1. The summed E-state index contributed by atoms with van der Waals surface area (Å²) in [6.07, 6.45) is -0.331. The molecule has 166 valence electrons. The van der Waals surface area contributed by atoms with Crippen molar-refractivity contribution in [2.45, 2.75) is 33.2 Å². The molecule has 2 heterocycles. The van der Waals surface area contributed by atoms with Crippen LogP contribution in [0.4, 0.5) is 0 Å². The Morgan fingerprint density at radius 3 is 2.06 bits per heavy atom. The van der Waals surface area contributed by atoms with Gasteiger partial charge in [-0.15, -0.1) is 0 Å². The molecule has 0 saturated heterocycles. The van der Waals surface area contributed by atoms with Crippen LogP contribution < -0.4 is 0 Å². The molecule has 0 aliphatic carbocycles. The summed E-state index contributed by atoms with van der Waals surface area (Å²) in [6.45, 7) is 6.08. The Hall–Kier alpha value is -3.54. The Labute approximate surface area is 194 Å². The molecule has 33 heavy (non-hydrogen) atoms. The highest BCUT2D eigenvalue weighted by atomic mass is 16.5. The minimum atomic E-state index is -0.331. The second-order valence-corrected chi connectivity index (χ2v) is 8.24. The smallest absolute Gasteiger partial charge is 0.156 e. The lowest BCUT2D eigenvalue weighted by Gasteiger charge is -2.31. The molecule has 0 spiro atoms. The Morgan fingerprint density at radius 1 is 0.818 bits per heavy atom. The van der Waals surface area contributed by atoms with Crippen LogP contribution in [0.25, 0.3) is 21.9 Å². The first-order chi connectivity index (χ1) is 16.2. The molecule has 0 aliphatic heterocycles. The third kappa shape index (κ3) is 4.51. The second-order valence-electron chi connectivity index (χ2n) is 8.24. The van der Waals surface area contributed by atoms with Crippen molar-refractivity contribution >= 4 is 21.9 Å². The predicted molar refractivity (Wildman–Crippen MR) is 133 cm³/mol. The molecular weight excluding hydrogens is 408 g/mol. The van der Waals surface area contributed by atoms with Gasteiger partial charge in [0.05, 0.1) is 16.6 Å². The fourth-order valence-electron chi connectivity index (χ4n) is 4.38. The van der Waals surface area contributed by atoms with Crippen LogP contribution in [0.5, 0.6) is 0 Å². The topological polar surface area (TPSA) is 54.0 Å². The number of aryl methyl sites for hydroxylation is 1. The van der Waals surface area contributed by atoms with Gasteiger partial charge >= 0.3 is 0 Å². The van der Waals surface area contributed by atoms with E-state index in [-0.39, 0.29) is 6.23 Å². The standard InChI is InChI=1S/C28H28N4O/c1-3-33-28(27-26-25(29-20(2)30-26)23-16-10-11-17-24(23)31-27)32(18-21-12-6-4-7-13-21)19-22-14-8-5-9-15-22/h4-17,28H,3,18-19H2,1-2H3,(H,29,30). The maximum absolute atomic E-state index is 6.42. The number of aromatic amines is 1. The van der Waals surface area contributed by atoms with Crippen molar-refractivity contribution in [1.29, 1.82) is 0 Å². The molecule has 0 fully saturated rings. The summed E-state index contributed by atoms with van der Waals surface area (Å²) in [7, 11) is 0. The summed E-state index contributed by atoms with van der Waals surface area (Å²) < 4.78 is 6.42. The van der Waals surface area contributed by atoms with Crippen molar-refractivity contribution in [3.63, 3.8) is 0 Å². The lowest BCUT2D eigenvalue weighted by atomic mass is 10.1. The van der Waals surface area contributed by atoms with Gasteiger partial charge in [-0.05, 0) is 31.0 Å². The van der Waals surface area contributed by atoms with Gasteiger partial charge in [-0.3, -0.25) is 4.90 Å². The van der Waals surface area contributed by atoms with E-state index in [0.717, 1.165) is 46.5 Å². The Bertz CT molecular complexity index is 1310. The van der Waals surface area contributed by atoms with Crippen LogP contribution in [0.3, 0.4) is 0 Å². The van der Waals surface area contributed by atoms with Gasteiger partial charge in [0.1, 0.15) is 11.5 Å². The van der Waals surface area contributed by atoms with E-state index in [1.807, 2.05) is 44.2 Å². The largest absolute Gasteiger partial charge is 0.357 e. The molecular formula is C28H28N4O. The van der Waals surface area contributed by atoms with Crippen molar-refractivity contribution in [2.75, 3.05) is 6.61 Å². The molecule has 0 bridgehead atoms. The number of nitrogens with zero attached hydrogens (tertiary/aromatic N) is 3. The van der Waals surface area contributed by atoms with Gasteiger partial charge in [-0.2, -0.15) is 0 Å². The zero-order valence-electron chi connectivity index (χ0n) is 19.0. The summed E-state index contributed by atoms with van der Waals surface area (Å²) in [5.74, 6) is 0.873. The summed E-state index contributed by atoms with van der Waals surface area (Å²) >= 11 is 0. The molecule has 1 atom stereocenters. The predicted octanol–water partition coefficient (Wildman–Crippen LogP) is 6.16. The molecule has 5 nitrogen and oxygen atoms in total. The van der Waals surface area contributed by atoms with Crippen LogP contribution in [0.2, 0.25) is 0 Å². The third-order valence-electron chi connectivity index (χ3n) is 5.83. The van der Waals surface area contributed by atoms with Gasteiger partial charge < -0.3 is 9.72 Å². The van der Waals surface area contributed by atoms with E-state index < -0.39 is 0 Å². The molecule has 1 N–H and O–H groups in total. The van der Waals surface area contributed by atoms with Gasteiger partial charge in [0.2, 0.25) is 0 Å². The number of hydrogen-bond acceptors (Lipinski definition) is 4. The molecule has 5 rings (SSSR count). The number of nitrogens with one attached hydrogen (secondary N) is 1. The van der Waals surface area contributed by atoms with Crippen LogP contribution in [-0.4, -0.2) is 26.5 Å². The van der Waals surface area contributed by atoms with Gasteiger partial charge in [0.15, 0.2) is 6.23 Å². The van der Waals surface area contributed by atoms with E-state index in [0.29, 0.717) is 6.61 Å². The summed E-state index contributed by atoms with van der Waals surface area (Å²) in [5, 5.41) is 1.05. The monoisotopic (exact) mass is 436 g/mol. The van der Waals surface area contributed by atoms with Crippen LogP contribution >= 0.6 is 0 Å². The molecule has 1 unspecified atom stereocenters. The zero-order valence-corrected chi connectivity index (χ0v) is 19.0. The van der Waals surface area contributed by atoms with Crippen LogP contribution in [-0.2, 0) is 17.8 Å². The van der Waals surface area contributed by atoms with Gasteiger partial charge in [0.25, 0.3) is 0 Å². The molecule has 0 aliphatic rings. The first-order valence-corrected chi connectivity index (χ1v) is 11.4. The van der Waals surface area contributed by atoms with Gasteiger partial charge in [-0.1, -0.05) is 78.9 Å². The quantitative estimate of drug-likeness (QED) is 0.296. The normalized spacial score (nSPS) is 12.6. The average molecular weight is 437 g/mol. The second kappa shape index (κ2) is 9.53. The Balaban J connectivity index is 1.65. The van der Waals surface area contributed by atoms with Crippen LogP contribution in [0, 0.1) is 6.92 Å². The third-order valence-corrected chi connectivity index (χ3v) is 5.83. The highest BCUT2D eigenvalue weighted by Crippen LogP contribution is 2.33. The molecule has 2 aromatic heterocycles. The SMILES string of the molecule is CCOC(c1nc2ccccc2c2nc(C)[nH]c12)N(Cc1ccccc1)Cc1ccccc1. The van der Waals surface area contributed by atoms with Crippen molar-refractivity contribution in [3.8, 4) is 0 Å². The molecule has 0 radical (unpaired) electrons. The highest BCUT2D eigenvalue weighted by molar-refractivity contribution is 6.03. The number of rotatable bonds is 8. The van der Waals surface area contributed by atoms with E-state index in [4.69, 9.17) is 14.7 Å². The van der Waals surface area contributed by atoms with Crippen molar-refractivity contribution in [3.05, 3.63) is 108 Å². The minimum Gasteiger partial charge on any atom is -0.357 e. The lowest BCUT2D eigenvalue weighted by Crippen LogP contribution is -2.31. The fraction of sp³-hybridized carbons (Fsp3) is 0.214. The number of benzene rings is 3. The Morgan fingerprint density at radius 2 is 1.42 bits per heavy atom. The Kier molecular flexibility index (Phi) is 6.15. The summed E-state index contributed by atoms with van der Waals surface area (Å²) in [5.41, 5.74) is 6.15. The number of aromatic nitrogens is 3. The van der Waals surface area contributed by atoms with E-state index in [1.54, 1.807) is 0 Å². The first-order valence-electron chi connectivity index (χ1n) is 11.4. The number of para-hydroxylation sites is 1. The maximum Gasteiger partial charge on any atom is 0.156 e. The van der Waals surface area contributed by atoms with Crippen molar-refractivity contribution in [1.82, 2.24) is 19.9 Å². The molecule has 0 saturated carbocycles. The highest BCUT2D eigenvalue weighted by Gasteiger charge is 2.27. The number of pyridine rings is 1. The fourth-order valence-corrected chi connectivity index (χ4v) is 4.38. The summed E-state index contributed by atoms with van der Waals surface area (Å²) in [4.78, 5) is 15.7. The molecule has 3 aromatic carbocycles. The lowest BCUT2D eigenvalue weighted by molar-refractivity contribution is -0.0687. The van der Waals surface area contributed by atoms with Crippen molar-refractivity contribution < 1.29 is 4.74 Å². The molecule has 0 amide bonds. The molecule has 5 aromatic rings. The van der Waals surface area contributed by atoms with Crippen molar-refractivity contribution in [2.24, 2.45) is 0 Å². The minimum absolute atomic E-state index is 0.331. The van der Waals surface area contributed by atoms with Gasteiger partial charge in [0, 0.05) is 25.1 Å². The van der Waals surface area contributed by atoms with E-state index in [1.165, 1.54) is 11.1 Å². The molecule has 5 heteroatoms. The number of imidazole rings is 1. The summed E-state index contributed by atoms with van der Waals surface area (Å²) in [6, 6.07) is 29.2. The van der Waals surface area contributed by atoms with Crippen LogP contribution in [0.15, 0.2) is 84.9 Å². The zero-order chi connectivity index (χ0) is 22.6. The number of hydrogen-bond donors (Lipinski definition) is 1. The average Bonchev–Trinajstić information content (AvgIpc) is 3.25. The van der Waals surface area contributed by atoms with Gasteiger partial charge in [-0.25, -0.2) is 9.97 Å². The van der Waals surface area contributed by atoms with Crippen LogP contribution in [0.1, 0.15) is 35.8 Å².